The van der Waals surface area contributed by atoms with Gasteiger partial charge in [-0.1, -0.05) is 35.3 Å². The van der Waals surface area contributed by atoms with Gasteiger partial charge in [-0.05, 0) is 13.0 Å². The Kier molecular flexibility index (Phi) is 4.48. The first-order valence-electron chi connectivity index (χ1n) is 6.72. The Morgan fingerprint density at radius 1 is 1.33 bits per heavy atom. The van der Waals surface area contributed by atoms with Crippen molar-refractivity contribution >= 4 is 38.9 Å². The third-order valence-corrected chi connectivity index (χ3v) is 5.44. The molecule has 0 saturated carbocycles. The van der Waals surface area contributed by atoms with Crippen LogP contribution in [0.1, 0.15) is 11.3 Å². The molecule has 0 aliphatic heterocycles. The van der Waals surface area contributed by atoms with Gasteiger partial charge >= 0.3 is 0 Å². The quantitative estimate of drug-likeness (QED) is 0.745. The minimum absolute atomic E-state index is 0.0727. The Bertz CT molecular complexity index is 1040. The van der Waals surface area contributed by atoms with Gasteiger partial charge in [0.25, 0.3) is 0 Å². The second kappa shape index (κ2) is 6.29. The van der Waals surface area contributed by atoms with Crippen molar-refractivity contribution in [3.8, 4) is 0 Å². The number of rotatable bonds is 4. The fraction of sp³-hybridized carbons (Fsp3) is 0.143. The highest BCUT2D eigenvalue weighted by molar-refractivity contribution is 7.89. The molecule has 0 atom stereocenters. The van der Waals surface area contributed by atoms with Gasteiger partial charge in [0, 0.05) is 12.1 Å². The lowest BCUT2D eigenvalue weighted by atomic mass is 10.2. The van der Waals surface area contributed by atoms with Crippen molar-refractivity contribution < 1.29 is 12.8 Å². The van der Waals surface area contributed by atoms with Crippen molar-refractivity contribution in [1.82, 2.24) is 19.3 Å². The van der Waals surface area contributed by atoms with Crippen LogP contribution in [-0.4, -0.2) is 23.0 Å². The zero-order chi connectivity index (χ0) is 17.5. The molecule has 1 N–H and O–H groups in total. The third-order valence-electron chi connectivity index (χ3n) is 3.35. The highest BCUT2D eigenvalue weighted by Crippen LogP contribution is 2.21. The maximum Gasteiger partial charge on any atom is 0.243 e. The number of aromatic nitrogens is 3. The second-order valence-electron chi connectivity index (χ2n) is 4.99. The molecule has 0 saturated heterocycles. The Labute approximate surface area is 147 Å². The number of benzene rings is 1. The smallest absolute Gasteiger partial charge is 0.234 e. The van der Waals surface area contributed by atoms with E-state index in [4.69, 9.17) is 23.2 Å². The first-order valence-corrected chi connectivity index (χ1v) is 8.96. The normalized spacial score (nSPS) is 12.0. The Morgan fingerprint density at radius 3 is 2.83 bits per heavy atom. The average molecular weight is 389 g/mol. The van der Waals surface area contributed by atoms with Gasteiger partial charge in [0.2, 0.25) is 10.0 Å². The van der Waals surface area contributed by atoms with E-state index in [-0.39, 0.29) is 22.0 Å². The van der Waals surface area contributed by atoms with Crippen LogP contribution in [0.15, 0.2) is 35.5 Å². The van der Waals surface area contributed by atoms with E-state index in [0.717, 1.165) is 0 Å². The summed E-state index contributed by atoms with van der Waals surface area (Å²) in [5.41, 5.74) is 1.03. The number of hydrogen-bond donors (Lipinski definition) is 1. The highest BCUT2D eigenvalue weighted by atomic mass is 35.5. The van der Waals surface area contributed by atoms with E-state index < -0.39 is 15.8 Å². The van der Waals surface area contributed by atoms with Gasteiger partial charge in [-0.15, -0.1) is 0 Å². The van der Waals surface area contributed by atoms with Gasteiger partial charge in [0.15, 0.2) is 5.65 Å². The molecule has 2 aromatic heterocycles. The second-order valence-corrected chi connectivity index (χ2v) is 7.55. The molecular weight excluding hydrogens is 378 g/mol. The Balaban J connectivity index is 1.89. The van der Waals surface area contributed by atoms with Crippen LogP contribution in [0.3, 0.4) is 0 Å². The van der Waals surface area contributed by atoms with Gasteiger partial charge in [-0.2, -0.15) is 5.10 Å². The number of sulfonamides is 1. The summed E-state index contributed by atoms with van der Waals surface area (Å²) < 4.78 is 42.1. The van der Waals surface area contributed by atoms with E-state index in [1.807, 2.05) is 0 Å². The van der Waals surface area contributed by atoms with Crippen LogP contribution in [0.25, 0.3) is 5.65 Å². The van der Waals surface area contributed by atoms with Crippen LogP contribution in [-0.2, 0) is 16.6 Å². The van der Waals surface area contributed by atoms with Crippen molar-refractivity contribution in [2.75, 3.05) is 0 Å². The first-order chi connectivity index (χ1) is 11.3. The summed E-state index contributed by atoms with van der Waals surface area (Å²) in [6.07, 6.45) is 2.46. The van der Waals surface area contributed by atoms with Crippen LogP contribution >= 0.6 is 23.2 Å². The maximum absolute atomic E-state index is 13.8. The summed E-state index contributed by atoms with van der Waals surface area (Å²) in [5.74, 6) is -0.662. The molecular formula is C14H11Cl2FN4O2S. The topological polar surface area (TPSA) is 76.4 Å². The summed E-state index contributed by atoms with van der Waals surface area (Å²) in [6, 6.07) is 4.37. The van der Waals surface area contributed by atoms with E-state index in [2.05, 4.69) is 14.8 Å². The van der Waals surface area contributed by atoms with Crippen molar-refractivity contribution in [3.05, 3.63) is 57.7 Å². The minimum atomic E-state index is -3.91. The molecule has 0 aliphatic carbocycles. The molecule has 3 aromatic rings. The predicted molar refractivity (Wildman–Crippen MR) is 88.2 cm³/mol. The number of aryl methyl sites for hydroxylation is 1. The van der Waals surface area contributed by atoms with E-state index >= 15 is 0 Å². The molecule has 1 aromatic carbocycles. The number of fused-ring (bicyclic) bond motifs is 1. The molecule has 0 fully saturated rings. The molecule has 0 radical (unpaired) electrons. The summed E-state index contributed by atoms with van der Waals surface area (Å²) >= 11 is 11.7. The van der Waals surface area contributed by atoms with Crippen molar-refractivity contribution in [2.24, 2.45) is 0 Å². The Morgan fingerprint density at radius 2 is 2.08 bits per heavy atom. The van der Waals surface area contributed by atoms with E-state index in [9.17, 15) is 12.8 Å². The van der Waals surface area contributed by atoms with E-state index in [1.165, 1.54) is 35.1 Å². The zero-order valence-electron chi connectivity index (χ0n) is 12.3. The van der Waals surface area contributed by atoms with Crippen molar-refractivity contribution in [1.29, 1.82) is 0 Å². The average Bonchev–Trinajstić information content (AvgIpc) is 2.83. The zero-order valence-corrected chi connectivity index (χ0v) is 14.6. The van der Waals surface area contributed by atoms with E-state index in [1.54, 1.807) is 6.92 Å². The van der Waals surface area contributed by atoms with Crippen LogP contribution < -0.4 is 4.72 Å². The SMILES string of the molecule is Cc1nn2cc(S(=O)(=O)NCc3cccc(Cl)c3F)cnc2c1Cl. The summed E-state index contributed by atoms with van der Waals surface area (Å²) in [7, 11) is -3.91. The Hall–Kier alpha value is -1.74. The van der Waals surface area contributed by atoms with Gasteiger partial charge in [0.05, 0.1) is 23.1 Å². The van der Waals surface area contributed by atoms with E-state index in [0.29, 0.717) is 16.4 Å². The lowest BCUT2D eigenvalue weighted by Gasteiger charge is -2.08. The third kappa shape index (κ3) is 3.10. The van der Waals surface area contributed by atoms with Crippen molar-refractivity contribution in [2.45, 2.75) is 18.4 Å². The summed E-state index contributed by atoms with van der Waals surface area (Å²) in [4.78, 5) is 3.89. The monoisotopic (exact) mass is 388 g/mol. The van der Waals surface area contributed by atoms with Gasteiger partial charge in [-0.25, -0.2) is 27.0 Å². The number of nitrogens with one attached hydrogen (secondary N) is 1. The maximum atomic E-state index is 13.8. The molecule has 3 rings (SSSR count). The van der Waals surface area contributed by atoms with Crippen LogP contribution in [0.2, 0.25) is 10.0 Å². The fourth-order valence-corrected chi connectivity index (χ4v) is 3.39. The molecule has 24 heavy (non-hydrogen) atoms. The van der Waals surface area contributed by atoms with Crippen LogP contribution in [0, 0.1) is 12.7 Å². The lowest BCUT2D eigenvalue weighted by molar-refractivity contribution is 0.573. The fourth-order valence-electron chi connectivity index (χ4n) is 2.08. The lowest BCUT2D eigenvalue weighted by Crippen LogP contribution is -2.24. The van der Waals surface area contributed by atoms with Crippen LogP contribution in [0.5, 0.6) is 0 Å². The van der Waals surface area contributed by atoms with Gasteiger partial charge < -0.3 is 0 Å². The predicted octanol–water partition coefficient (Wildman–Crippen LogP) is 2.96. The van der Waals surface area contributed by atoms with Gasteiger partial charge in [-0.3, -0.25) is 0 Å². The number of hydrogen-bond acceptors (Lipinski definition) is 4. The molecule has 0 bridgehead atoms. The molecule has 0 spiro atoms. The molecule has 6 nitrogen and oxygen atoms in total. The number of nitrogens with zero attached hydrogens (tertiary/aromatic N) is 3. The molecule has 126 valence electrons. The number of halogens is 3. The highest BCUT2D eigenvalue weighted by Gasteiger charge is 2.18. The molecule has 0 amide bonds. The minimum Gasteiger partial charge on any atom is -0.234 e. The summed E-state index contributed by atoms with van der Waals surface area (Å²) in [5, 5.41) is 4.37. The molecule has 2 heterocycles. The standard InChI is InChI=1S/C14H11Cl2FN4O2S/c1-8-12(16)14-18-6-10(7-21(14)20-8)24(22,23)19-5-9-3-2-4-11(15)13(9)17/h2-4,6-7,19H,5H2,1H3. The molecule has 10 heteroatoms. The molecule has 0 aliphatic rings. The van der Waals surface area contributed by atoms with Crippen LogP contribution in [0.4, 0.5) is 4.39 Å². The largest absolute Gasteiger partial charge is 0.243 e. The van der Waals surface area contributed by atoms with Crippen molar-refractivity contribution in [3.63, 3.8) is 0 Å². The first kappa shape index (κ1) is 17.1. The van der Waals surface area contributed by atoms with Gasteiger partial charge in [0.1, 0.15) is 15.7 Å². The molecule has 0 unspecified atom stereocenters. The summed E-state index contributed by atoms with van der Waals surface area (Å²) in [6.45, 7) is 1.44.